The van der Waals surface area contributed by atoms with Crippen LogP contribution in [0.15, 0.2) is 145 Å². The molecule has 2 aromatic heterocycles. The van der Waals surface area contributed by atoms with Crippen LogP contribution in [-0.4, -0.2) is 27.1 Å². The first-order chi connectivity index (χ1) is 27.6. The number of benzene rings is 6. The van der Waals surface area contributed by atoms with Crippen molar-refractivity contribution in [2.45, 2.75) is 64.5 Å². The zero-order chi connectivity index (χ0) is 39.1. The van der Waals surface area contributed by atoms with E-state index in [9.17, 15) is 0 Å². The standard InChI is InChI=1S/C52H43N3O2.Pt/c1-32-25-41-40-27-33(2)45(31-44(40)55-47(41)43(26-32)51(3,4)42-23-16-24-53-49(42)55)56-39-29-37(34-17-10-7-11-18-34)28-38(30-39)50-54-48(52(5,6)57-50)46(35-19-12-8-13-20-35)36-21-14-9-15-22-36;/h7-29,46,48H,1-6H3;/q-2;+2/t48-;/m1./s1. The van der Waals surface area contributed by atoms with Crippen molar-refractivity contribution in [3.63, 3.8) is 0 Å². The van der Waals surface area contributed by atoms with Gasteiger partial charge in [0.05, 0.1) is 6.04 Å². The van der Waals surface area contributed by atoms with Crippen LogP contribution in [-0.2, 0) is 31.2 Å². The monoisotopic (exact) mass is 936 g/mol. The number of hydrogen-bond donors (Lipinski definition) is 0. The van der Waals surface area contributed by atoms with Crippen molar-refractivity contribution in [1.82, 2.24) is 9.55 Å². The van der Waals surface area contributed by atoms with Crippen LogP contribution < -0.4 is 4.74 Å². The van der Waals surface area contributed by atoms with Crippen molar-refractivity contribution in [2.24, 2.45) is 4.99 Å². The summed E-state index contributed by atoms with van der Waals surface area (Å²) in [6.07, 6.45) is 1.88. The Kier molecular flexibility index (Phi) is 9.28. The molecule has 0 radical (unpaired) electrons. The van der Waals surface area contributed by atoms with Crippen LogP contribution in [0.4, 0.5) is 0 Å². The van der Waals surface area contributed by atoms with Gasteiger partial charge in [0.15, 0.2) is 0 Å². The van der Waals surface area contributed by atoms with Crippen molar-refractivity contribution in [2.75, 3.05) is 0 Å². The number of aryl methyl sites for hydroxylation is 2. The Bertz CT molecular complexity index is 2840. The number of nitrogens with zero attached hydrogens (tertiary/aromatic N) is 3. The Hall–Kier alpha value is -5.77. The summed E-state index contributed by atoms with van der Waals surface area (Å²) in [5.74, 6) is 2.67. The Morgan fingerprint density at radius 2 is 1.38 bits per heavy atom. The van der Waals surface area contributed by atoms with Crippen LogP contribution in [0.5, 0.6) is 11.5 Å². The second kappa shape index (κ2) is 14.3. The molecule has 0 unspecified atom stereocenters. The van der Waals surface area contributed by atoms with Gasteiger partial charge in [-0.2, -0.15) is 6.07 Å². The summed E-state index contributed by atoms with van der Waals surface area (Å²) in [6, 6.07) is 54.0. The molecule has 4 heterocycles. The molecular formula is C52H43N3O2Pt. The molecule has 6 aromatic carbocycles. The van der Waals surface area contributed by atoms with Crippen LogP contribution in [0.25, 0.3) is 38.8 Å². The molecule has 0 bridgehead atoms. The van der Waals surface area contributed by atoms with Crippen LogP contribution in [0.2, 0.25) is 0 Å². The van der Waals surface area contributed by atoms with Gasteiger partial charge >= 0.3 is 21.1 Å². The van der Waals surface area contributed by atoms with Gasteiger partial charge in [0.1, 0.15) is 17.3 Å². The molecule has 0 amide bonds. The maximum absolute atomic E-state index is 6.89. The summed E-state index contributed by atoms with van der Waals surface area (Å²) in [5, 5.41) is 2.33. The first-order valence-corrected chi connectivity index (χ1v) is 19.7. The number of fused-ring (bicyclic) bond motifs is 5. The maximum atomic E-state index is 6.89. The van der Waals surface area contributed by atoms with Crippen molar-refractivity contribution < 1.29 is 30.5 Å². The minimum Gasteiger partial charge on any atom is -0.512 e. The molecule has 5 nitrogen and oxygen atoms in total. The average molecular weight is 937 g/mol. The van der Waals surface area contributed by atoms with Gasteiger partial charge in [-0.3, -0.25) is 4.99 Å². The number of aliphatic imine (C=N–C) groups is 1. The Balaban J connectivity index is 0.00000436. The van der Waals surface area contributed by atoms with Gasteiger partial charge in [-0.1, -0.05) is 164 Å². The van der Waals surface area contributed by atoms with Crippen LogP contribution in [0, 0.1) is 26.0 Å². The van der Waals surface area contributed by atoms with Crippen LogP contribution >= 0.6 is 0 Å². The Labute approximate surface area is 354 Å². The second-order valence-electron chi connectivity index (χ2n) is 16.6. The Morgan fingerprint density at radius 1 is 0.707 bits per heavy atom. The molecule has 1 atom stereocenters. The Morgan fingerprint density at radius 3 is 2.07 bits per heavy atom. The van der Waals surface area contributed by atoms with E-state index in [1.54, 1.807) is 0 Å². The van der Waals surface area contributed by atoms with Crippen molar-refractivity contribution in [3.8, 4) is 28.4 Å². The van der Waals surface area contributed by atoms with E-state index in [0.29, 0.717) is 17.4 Å². The molecule has 0 saturated carbocycles. The van der Waals surface area contributed by atoms with Crippen molar-refractivity contribution >= 4 is 27.7 Å². The number of aromatic nitrogens is 2. The fraction of sp³-hybridized carbons (Fsp3) is 0.192. The average Bonchev–Trinajstić information content (AvgIpc) is 3.71. The van der Waals surface area contributed by atoms with E-state index in [2.05, 4.69) is 174 Å². The van der Waals surface area contributed by atoms with Gasteiger partial charge in [-0.05, 0) is 54.5 Å². The predicted octanol–water partition coefficient (Wildman–Crippen LogP) is 12.2. The van der Waals surface area contributed by atoms with Crippen LogP contribution in [0.3, 0.4) is 0 Å². The van der Waals surface area contributed by atoms with Crippen LogP contribution in [0.1, 0.15) is 72.6 Å². The molecule has 288 valence electrons. The summed E-state index contributed by atoms with van der Waals surface area (Å²) >= 11 is 0. The molecule has 0 aliphatic carbocycles. The zero-order valence-corrected chi connectivity index (χ0v) is 35.7. The molecule has 0 fully saturated rings. The number of rotatable bonds is 7. The predicted molar refractivity (Wildman–Crippen MR) is 230 cm³/mol. The molecule has 10 rings (SSSR count). The number of pyridine rings is 1. The minimum absolute atomic E-state index is 0. The maximum Gasteiger partial charge on any atom is 2.00 e. The fourth-order valence-electron chi connectivity index (χ4n) is 9.06. The zero-order valence-electron chi connectivity index (χ0n) is 33.4. The molecule has 2 aliphatic heterocycles. The van der Waals surface area contributed by atoms with E-state index in [-0.39, 0.29) is 38.4 Å². The summed E-state index contributed by atoms with van der Waals surface area (Å²) in [7, 11) is 0. The molecule has 8 aromatic rings. The third-order valence-electron chi connectivity index (χ3n) is 11.9. The molecule has 0 N–H and O–H groups in total. The van der Waals surface area contributed by atoms with Gasteiger partial charge in [0.2, 0.25) is 0 Å². The summed E-state index contributed by atoms with van der Waals surface area (Å²) in [6.45, 7) is 13.1. The van der Waals surface area contributed by atoms with Gasteiger partial charge in [-0.15, -0.1) is 23.1 Å². The van der Waals surface area contributed by atoms with Gasteiger partial charge < -0.3 is 14.0 Å². The van der Waals surface area contributed by atoms with E-state index < -0.39 is 5.60 Å². The third-order valence-corrected chi connectivity index (χ3v) is 11.9. The molecule has 2 aliphatic rings. The van der Waals surface area contributed by atoms with Crippen molar-refractivity contribution in [1.29, 1.82) is 0 Å². The van der Waals surface area contributed by atoms with E-state index in [1.807, 2.05) is 24.4 Å². The quantitative estimate of drug-likeness (QED) is 0.150. The molecular weight excluding hydrogens is 894 g/mol. The fourth-order valence-corrected chi connectivity index (χ4v) is 9.06. The molecule has 0 spiro atoms. The second-order valence-corrected chi connectivity index (χ2v) is 16.6. The smallest absolute Gasteiger partial charge is 0.512 e. The number of ether oxygens (including phenoxy) is 2. The molecule has 0 saturated heterocycles. The molecule has 58 heavy (non-hydrogen) atoms. The van der Waals surface area contributed by atoms with Gasteiger partial charge in [0.25, 0.3) is 0 Å². The van der Waals surface area contributed by atoms with E-state index in [4.69, 9.17) is 19.5 Å². The van der Waals surface area contributed by atoms with Gasteiger partial charge in [-0.25, -0.2) is 4.98 Å². The minimum atomic E-state index is -0.604. The topological polar surface area (TPSA) is 48.6 Å². The van der Waals surface area contributed by atoms with E-state index >= 15 is 0 Å². The normalized spacial score (nSPS) is 16.1. The summed E-state index contributed by atoms with van der Waals surface area (Å²) < 4.78 is 16.0. The number of hydrogen-bond acceptors (Lipinski definition) is 4. The van der Waals surface area contributed by atoms with Gasteiger partial charge in [0, 0.05) is 40.1 Å². The molecule has 6 heteroatoms. The first-order valence-electron chi connectivity index (χ1n) is 19.7. The largest absolute Gasteiger partial charge is 2.00 e. The third kappa shape index (κ3) is 6.19. The first kappa shape index (κ1) is 37.8. The van der Waals surface area contributed by atoms with E-state index in [0.717, 1.165) is 39.0 Å². The van der Waals surface area contributed by atoms with Crippen molar-refractivity contribution in [3.05, 3.63) is 191 Å². The summed E-state index contributed by atoms with van der Waals surface area (Å²) in [4.78, 5) is 10.4. The summed E-state index contributed by atoms with van der Waals surface area (Å²) in [5.41, 5.74) is 11.2. The van der Waals surface area contributed by atoms with E-state index in [1.165, 1.54) is 38.7 Å². The SMILES string of the molecule is Cc1cc2c3c(c1)c1cc(C)c(Oc4[c-]c(C5=N[C@H](C(c6ccccc6)c6ccccc6)C(C)(C)O5)cc(-c5ccccc5)c4)[c-]c1n3-c1ncccc1C2(C)C.[Pt+2].